The largest absolute Gasteiger partial charge is 0.370 e. The third-order valence-electron chi connectivity index (χ3n) is 5.36. The highest BCUT2D eigenvalue weighted by atomic mass is 35.5. The maximum atomic E-state index is 6.26. The van der Waals surface area contributed by atoms with Crippen molar-refractivity contribution in [3.8, 4) is 0 Å². The second-order valence-electron chi connectivity index (χ2n) is 7.05. The molecule has 3 rings (SSSR count). The zero-order valence-corrected chi connectivity index (χ0v) is 16.0. The Morgan fingerprint density at radius 1 is 1.16 bits per heavy atom. The molecule has 0 aliphatic carbocycles. The molecule has 1 unspecified atom stereocenters. The molecular formula is C19H30ClN5. The van der Waals surface area contributed by atoms with Crippen LogP contribution in [0.3, 0.4) is 0 Å². The summed E-state index contributed by atoms with van der Waals surface area (Å²) in [6, 6.07) is 8.06. The highest BCUT2D eigenvalue weighted by Gasteiger charge is 2.21. The van der Waals surface area contributed by atoms with Gasteiger partial charge in [0.05, 0.1) is 0 Å². The van der Waals surface area contributed by atoms with Crippen LogP contribution in [-0.2, 0) is 0 Å². The number of halogens is 1. The number of benzene rings is 1. The van der Waals surface area contributed by atoms with Crippen LogP contribution in [0.1, 0.15) is 19.8 Å². The van der Waals surface area contributed by atoms with Gasteiger partial charge in [-0.2, -0.15) is 0 Å². The van der Waals surface area contributed by atoms with E-state index in [1.807, 2.05) is 12.1 Å². The Kier molecular flexibility index (Phi) is 6.43. The maximum Gasteiger partial charge on any atom is 0.191 e. The number of hydrogen-bond acceptors (Lipinski definition) is 3. The quantitative estimate of drug-likeness (QED) is 0.659. The average molecular weight is 364 g/mol. The van der Waals surface area contributed by atoms with Gasteiger partial charge in [0, 0.05) is 50.0 Å². The molecule has 1 aromatic rings. The minimum Gasteiger partial charge on any atom is -0.370 e. The van der Waals surface area contributed by atoms with Crippen LogP contribution in [0.2, 0.25) is 5.02 Å². The fraction of sp³-hybridized carbons (Fsp3) is 0.632. The van der Waals surface area contributed by atoms with Crippen LogP contribution in [0.25, 0.3) is 0 Å². The minimum absolute atomic E-state index is 0.655. The molecule has 138 valence electrons. The molecule has 2 heterocycles. The fourth-order valence-electron chi connectivity index (χ4n) is 3.76. The van der Waals surface area contributed by atoms with Crippen molar-refractivity contribution < 1.29 is 0 Å². The summed E-state index contributed by atoms with van der Waals surface area (Å²) in [4.78, 5) is 11.8. The molecule has 2 fully saturated rings. The van der Waals surface area contributed by atoms with Gasteiger partial charge in [0.1, 0.15) is 0 Å². The van der Waals surface area contributed by atoms with Crippen molar-refractivity contribution in [2.24, 2.45) is 16.6 Å². The summed E-state index contributed by atoms with van der Waals surface area (Å²) in [6.07, 6.45) is 2.56. The van der Waals surface area contributed by atoms with Crippen LogP contribution >= 0.6 is 11.6 Å². The predicted octanol–water partition coefficient (Wildman–Crippen LogP) is 2.51. The minimum atomic E-state index is 0.655. The summed E-state index contributed by atoms with van der Waals surface area (Å²) >= 11 is 5.97. The summed E-state index contributed by atoms with van der Waals surface area (Å²) in [5.41, 5.74) is 7.49. The topological polar surface area (TPSA) is 48.1 Å². The van der Waals surface area contributed by atoms with Crippen LogP contribution in [0.4, 0.5) is 5.69 Å². The second kappa shape index (κ2) is 8.77. The first kappa shape index (κ1) is 18.3. The number of rotatable bonds is 4. The first-order valence-electron chi connectivity index (χ1n) is 9.43. The molecule has 25 heavy (non-hydrogen) atoms. The summed E-state index contributed by atoms with van der Waals surface area (Å²) in [5, 5.41) is 0.781. The lowest BCUT2D eigenvalue weighted by Crippen LogP contribution is -2.51. The average Bonchev–Trinajstić information content (AvgIpc) is 2.67. The highest BCUT2D eigenvalue weighted by Crippen LogP contribution is 2.20. The molecule has 6 heteroatoms. The van der Waals surface area contributed by atoms with E-state index in [1.54, 1.807) is 0 Å². The molecule has 0 bridgehead atoms. The number of piperazine rings is 1. The fourth-order valence-corrected chi connectivity index (χ4v) is 3.88. The predicted molar refractivity (Wildman–Crippen MR) is 107 cm³/mol. The van der Waals surface area contributed by atoms with Gasteiger partial charge in [-0.3, -0.25) is 4.99 Å². The van der Waals surface area contributed by atoms with E-state index in [1.165, 1.54) is 25.1 Å². The van der Waals surface area contributed by atoms with E-state index in [-0.39, 0.29) is 0 Å². The van der Waals surface area contributed by atoms with Crippen LogP contribution < -0.4 is 10.6 Å². The van der Waals surface area contributed by atoms with E-state index in [9.17, 15) is 0 Å². The molecule has 2 aliphatic rings. The smallest absolute Gasteiger partial charge is 0.191 e. The van der Waals surface area contributed by atoms with E-state index < -0.39 is 0 Å². The first-order chi connectivity index (χ1) is 12.2. The van der Waals surface area contributed by atoms with Crippen LogP contribution in [0.15, 0.2) is 29.3 Å². The molecule has 0 aromatic heterocycles. The second-order valence-corrected chi connectivity index (χ2v) is 7.49. The summed E-state index contributed by atoms with van der Waals surface area (Å²) in [6.45, 7) is 10.4. The molecule has 2 saturated heterocycles. The molecule has 0 radical (unpaired) electrons. The third-order valence-corrected chi connectivity index (χ3v) is 5.61. The number of anilines is 1. The van der Waals surface area contributed by atoms with E-state index in [2.05, 4.69) is 33.8 Å². The Balaban J connectivity index is 1.47. The SMILES string of the molecule is CCN1CCCC(CN=C(N)N2CCN(c3ccc(Cl)cc3)CC2)C1. The number of nitrogens with two attached hydrogens (primary N) is 1. The number of hydrogen-bond donors (Lipinski definition) is 1. The number of likely N-dealkylation sites (tertiary alicyclic amines) is 1. The van der Waals surface area contributed by atoms with Crippen molar-refractivity contribution in [3.05, 3.63) is 29.3 Å². The van der Waals surface area contributed by atoms with Gasteiger partial charge in [-0.25, -0.2) is 0 Å². The number of guanidine groups is 1. The van der Waals surface area contributed by atoms with Crippen LogP contribution in [0.5, 0.6) is 0 Å². The van der Waals surface area contributed by atoms with Gasteiger partial charge >= 0.3 is 0 Å². The van der Waals surface area contributed by atoms with Crippen molar-refractivity contribution >= 4 is 23.2 Å². The lowest BCUT2D eigenvalue weighted by atomic mass is 9.98. The van der Waals surface area contributed by atoms with E-state index in [0.29, 0.717) is 11.9 Å². The van der Waals surface area contributed by atoms with Gasteiger partial charge in [-0.1, -0.05) is 18.5 Å². The zero-order valence-electron chi connectivity index (χ0n) is 15.2. The Bertz CT molecular complexity index is 566. The molecule has 2 aliphatic heterocycles. The number of piperidine rings is 1. The molecule has 0 saturated carbocycles. The monoisotopic (exact) mass is 363 g/mol. The lowest BCUT2D eigenvalue weighted by Gasteiger charge is -2.37. The molecule has 1 atom stereocenters. The normalized spacial score (nSPS) is 23.1. The third kappa shape index (κ3) is 5.02. The Labute approximate surface area is 156 Å². The Morgan fingerprint density at radius 3 is 2.56 bits per heavy atom. The van der Waals surface area contributed by atoms with Gasteiger partial charge in [0.2, 0.25) is 0 Å². The van der Waals surface area contributed by atoms with Gasteiger partial charge in [-0.05, 0) is 56.1 Å². The molecule has 1 aromatic carbocycles. The number of aliphatic imine (C=N–C) groups is 1. The van der Waals surface area contributed by atoms with Gasteiger partial charge in [-0.15, -0.1) is 0 Å². The van der Waals surface area contributed by atoms with Gasteiger partial charge in [0.15, 0.2) is 5.96 Å². The lowest BCUT2D eigenvalue weighted by molar-refractivity contribution is 0.186. The van der Waals surface area contributed by atoms with E-state index >= 15 is 0 Å². The van der Waals surface area contributed by atoms with Crippen molar-refractivity contribution in [2.45, 2.75) is 19.8 Å². The number of nitrogens with zero attached hydrogens (tertiary/aromatic N) is 4. The molecule has 0 spiro atoms. The van der Waals surface area contributed by atoms with E-state index in [0.717, 1.165) is 50.8 Å². The molecule has 0 amide bonds. The van der Waals surface area contributed by atoms with Gasteiger partial charge < -0.3 is 20.4 Å². The standard InChI is InChI=1S/C19H30ClN5/c1-2-23-9-3-4-16(15-23)14-22-19(21)25-12-10-24(11-13-25)18-7-5-17(20)6-8-18/h5-8,16H,2-4,9-15H2,1H3,(H2,21,22). The summed E-state index contributed by atoms with van der Waals surface area (Å²) in [5.74, 6) is 1.37. The van der Waals surface area contributed by atoms with Crippen LogP contribution in [0, 0.1) is 5.92 Å². The van der Waals surface area contributed by atoms with E-state index in [4.69, 9.17) is 22.3 Å². The summed E-state index contributed by atoms with van der Waals surface area (Å²) < 4.78 is 0. The molecular weight excluding hydrogens is 334 g/mol. The summed E-state index contributed by atoms with van der Waals surface area (Å²) in [7, 11) is 0. The van der Waals surface area contributed by atoms with Crippen molar-refractivity contribution in [1.29, 1.82) is 0 Å². The Morgan fingerprint density at radius 2 is 1.88 bits per heavy atom. The molecule has 2 N–H and O–H groups in total. The molecule has 5 nitrogen and oxygen atoms in total. The van der Waals surface area contributed by atoms with Crippen molar-refractivity contribution in [3.63, 3.8) is 0 Å². The Hall–Kier alpha value is -1.46. The highest BCUT2D eigenvalue weighted by molar-refractivity contribution is 6.30. The van der Waals surface area contributed by atoms with Crippen molar-refractivity contribution in [2.75, 3.05) is 57.3 Å². The van der Waals surface area contributed by atoms with Crippen molar-refractivity contribution in [1.82, 2.24) is 9.80 Å². The first-order valence-corrected chi connectivity index (χ1v) is 9.81. The maximum absolute atomic E-state index is 6.26. The zero-order chi connectivity index (χ0) is 17.6. The van der Waals surface area contributed by atoms with Crippen LogP contribution in [-0.4, -0.2) is 68.1 Å². The van der Waals surface area contributed by atoms with Gasteiger partial charge in [0.25, 0.3) is 0 Å².